The molecule has 2 aromatic rings. The van der Waals surface area contributed by atoms with Gasteiger partial charge in [0, 0.05) is 9.86 Å². The molecular weight excluding hydrogens is 320 g/mol. The van der Waals surface area contributed by atoms with Gasteiger partial charge in [-0.25, -0.2) is 4.79 Å². The average Bonchev–Trinajstić information content (AvgIpc) is 2.67. The molecule has 0 saturated carbocycles. The predicted molar refractivity (Wildman–Crippen MR) is 83.2 cm³/mol. The Morgan fingerprint density at radius 2 is 2.00 bits per heavy atom. The Morgan fingerprint density at radius 1 is 1.35 bits per heavy atom. The van der Waals surface area contributed by atoms with E-state index in [4.69, 9.17) is 4.74 Å². The van der Waals surface area contributed by atoms with Crippen molar-refractivity contribution in [1.29, 1.82) is 0 Å². The van der Waals surface area contributed by atoms with Gasteiger partial charge in [0.15, 0.2) is 0 Å². The maximum Gasteiger partial charge on any atom is 0.435 e. The van der Waals surface area contributed by atoms with Gasteiger partial charge >= 0.3 is 6.09 Å². The van der Waals surface area contributed by atoms with E-state index in [0.29, 0.717) is 0 Å². The quantitative estimate of drug-likeness (QED) is 0.756. The van der Waals surface area contributed by atoms with Crippen LogP contribution in [0.2, 0.25) is 0 Å². The molecule has 0 fully saturated rings. The SMILES string of the molecule is CC(C)c1nn(C(=O)OC(C)(C)C)c2cccc(Br)c12. The molecule has 0 aliphatic heterocycles. The number of ether oxygens (including phenoxy) is 1. The van der Waals surface area contributed by atoms with Gasteiger partial charge in [-0.3, -0.25) is 0 Å². The Labute approximate surface area is 127 Å². The molecule has 108 valence electrons. The molecule has 0 atom stereocenters. The Morgan fingerprint density at radius 3 is 2.55 bits per heavy atom. The van der Waals surface area contributed by atoms with Crippen LogP contribution in [0.3, 0.4) is 0 Å². The fourth-order valence-corrected chi connectivity index (χ4v) is 2.56. The summed E-state index contributed by atoms with van der Waals surface area (Å²) in [4.78, 5) is 12.3. The van der Waals surface area contributed by atoms with Gasteiger partial charge in [-0.2, -0.15) is 9.78 Å². The van der Waals surface area contributed by atoms with Crippen molar-refractivity contribution in [2.24, 2.45) is 0 Å². The summed E-state index contributed by atoms with van der Waals surface area (Å²) in [5.41, 5.74) is 1.11. The van der Waals surface area contributed by atoms with Crippen LogP contribution in [0.15, 0.2) is 22.7 Å². The van der Waals surface area contributed by atoms with Gasteiger partial charge in [0.1, 0.15) is 5.60 Å². The van der Waals surface area contributed by atoms with Crippen molar-refractivity contribution in [2.75, 3.05) is 0 Å². The molecule has 0 aliphatic rings. The largest absolute Gasteiger partial charge is 0.442 e. The first kappa shape index (κ1) is 15.0. The molecule has 0 unspecified atom stereocenters. The van der Waals surface area contributed by atoms with Crippen LogP contribution in [0.4, 0.5) is 4.79 Å². The second kappa shape index (κ2) is 5.20. The summed E-state index contributed by atoms with van der Waals surface area (Å²) in [6.07, 6.45) is -0.451. The fraction of sp³-hybridized carbons (Fsp3) is 0.467. The summed E-state index contributed by atoms with van der Waals surface area (Å²) in [6, 6.07) is 5.72. The van der Waals surface area contributed by atoms with Crippen molar-refractivity contribution >= 4 is 32.9 Å². The molecular formula is C15H19BrN2O2. The Bertz CT molecular complexity index is 654. The Kier molecular flexibility index (Phi) is 3.91. The zero-order valence-corrected chi connectivity index (χ0v) is 14.0. The molecule has 1 aromatic carbocycles. The molecule has 1 aromatic heterocycles. The molecule has 0 saturated heterocycles. The van der Waals surface area contributed by atoms with Crippen LogP contribution in [0.5, 0.6) is 0 Å². The normalized spacial score (nSPS) is 12.2. The maximum atomic E-state index is 12.3. The summed E-state index contributed by atoms with van der Waals surface area (Å²) in [5, 5.41) is 5.41. The van der Waals surface area contributed by atoms with Crippen molar-refractivity contribution in [3.63, 3.8) is 0 Å². The topological polar surface area (TPSA) is 44.1 Å². The lowest BCUT2D eigenvalue weighted by atomic mass is 10.1. The minimum absolute atomic E-state index is 0.222. The number of aromatic nitrogens is 2. The number of carbonyl (C=O) groups excluding carboxylic acids is 1. The Hall–Kier alpha value is -1.36. The van der Waals surface area contributed by atoms with E-state index < -0.39 is 11.7 Å². The lowest BCUT2D eigenvalue weighted by Gasteiger charge is -2.19. The lowest BCUT2D eigenvalue weighted by Crippen LogP contribution is -2.27. The van der Waals surface area contributed by atoms with Gasteiger partial charge < -0.3 is 4.74 Å². The highest BCUT2D eigenvalue weighted by Gasteiger charge is 2.23. The standard InChI is InChI=1S/C15H19BrN2O2/c1-9(2)13-12-10(16)7-6-8-11(12)18(17-13)14(19)20-15(3,4)5/h6-9H,1-5H3. The molecule has 0 spiro atoms. The van der Waals surface area contributed by atoms with E-state index in [1.54, 1.807) is 0 Å². The van der Waals surface area contributed by atoms with Crippen LogP contribution in [0, 0.1) is 0 Å². The summed E-state index contributed by atoms with van der Waals surface area (Å²) < 4.78 is 7.70. The van der Waals surface area contributed by atoms with E-state index >= 15 is 0 Å². The van der Waals surface area contributed by atoms with Gasteiger partial charge in [-0.15, -0.1) is 0 Å². The van der Waals surface area contributed by atoms with Crippen LogP contribution in [-0.4, -0.2) is 21.5 Å². The number of hydrogen-bond donors (Lipinski definition) is 0. The van der Waals surface area contributed by atoms with E-state index in [0.717, 1.165) is 21.1 Å². The third-order valence-electron chi connectivity index (χ3n) is 2.80. The van der Waals surface area contributed by atoms with Crippen molar-refractivity contribution in [1.82, 2.24) is 9.78 Å². The number of nitrogens with zero attached hydrogens (tertiary/aromatic N) is 2. The summed E-state index contributed by atoms with van der Waals surface area (Å²) in [7, 11) is 0. The zero-order valence-electron chi connectivity index (χ0n) is 12.4. The van der Waals surface area contributed by atoms with E-state index in [2.05, 4.69) is 34.9 Å². The molecule has 20 heavy (non-hydrogen) atoms. The maximum absolute atomic E-state index is 12.3. The third kappa shape index (κ3) is 2.87. The molecule has 5 heteroatoms. The number of benzene rings is 1. The number of carbonyl (C=O) groups is 1. The highest BCUT2D eigenvalue weighted by Crippen LogP contribution is 2.31. The van der Waals surface area contributed by atoms with Crippen molar-refractivity contribution < 1.29 is 9.53 Å². The lowest BCUT2D eigenvalue weighted by molar-refractivity contribution is 0.0522. The average molecular weight is 339 g/mol. The first-order valence-corrected chi connectivity index (χ1v) is 7.40. The molecule has 4 nitrogen and oxygen atoms in total. The Balaban J connectivity index is 2.61. The van der Waals surface area contributed by atoms with Crippen LogP contribution in [0.25, 0.3) is 10.9 Å². The van der Waals surface area contributed by atoms with Crippen LogP contribution in [-0.2, 0) is 4.74 Å². The molecule has 2 rings (SSSR count). The number of fused-ring (bicyclic) bond motifs is 1. The minimum atomic E-state index is -0.542. The van der Waals surface area contributed by atoms with Gasteiger partial charge in [-0.1, -0.05) is 35.8 Å². The monoisotopic (exact) mass is 338 g/mol. The number of rotatable bonds is 1. The van der Waals surface area contributed by atoms with Crippen LogP contribution < -0.4 is 0 Å². The minimum Gasteiger partial charge on any atom is -0.442 e. The van der Waals surface area contributed by atoms with Gasteiger partial charge in [0.05, 0.1) is 11.2 Å². The van der Waals surface area contributed by atoms with Crippen molar-refractivity contribution in [3.05, 3.63) is 28.4 Å². The molecule has 0 N–H and O–H groups in total. The van der Waals surface area contributed by atoms with Gasteiger partial charge in [-0.05, 0) is 38.8 Å². The van der Waals surface area contributed by atoms with E-state index in [1.807, 2.05) is 39.0 Å². The predicted octanol–water partition coefficient (Wildman–Crippen LogP) is 4.71. The molecule has 0 bridgehead atoms. The number of halogens is 1. The summed E-state index contributed by atoms with van der Waals surface area (Å²) in [5.74, 6) is 0.222. The van der Waals surface area contributed by atoms with E-state index in [1.165, 1.54) is 4.68 Å². The summed E-state index contributed by atoms with van der Waals surface area (Å²) >= 11 is 3.53. The highest BCUT2D eigenvalue weighted by atomic mass is 79.9. The van der Waals surface area contributed by atoms with Gasteiger partial charge in [0.25, 0.3) is 0 Å². The second-order valence-corrected chi connectivity index (χ2v) is 6.92. The van der Waals surface area contributed by atoms with Crippen molar-refractivity contribution in [2.45, 2.75) is 46.1 Å². The van der Waals surface area contributed by atoms with Gasteiger partial charge in [0.2, 0.25) is 0 Å². The van der Waals surface area contributed by atoms with Crippen LogP contribution in [0.1, 0.15) is 46.2 Å². The number of hydrogen-bond acceptors (Lipinski definition) is 3. The molecule has 0 aliphatic carbocycles. The van der Waals surface area contributed by atoms with E-state index in [9.17, 15) is 4.79 Å². The second-order valence-electron chi connectivity index (χ2n) is 6.07. The molecule has 0 amide bonds. The smallest absolute Gasteiger partial charge is 0.435 e. The van der Waals surface area contributed by atoms with Crippen LogP contribution >= 0.6 is 15.9 Å². The summed E-state index contributed by atoms with van der Waals surface area (Å²) in [6.45, 7) is 9.64. The fourth-order valence-electron chi connectivity index (χ4n) is 2.00. The first-order chi connectivity index (χ1) is 9.20. The van der Waals surface area contributed by atoms with Crippen molar-refractivity contribution in [3.8, 4) is 0 Å². The zero-order chi connectivity index (χ0) is 15.1. The van der Waals surface area contributed by atoms with E-state index in [-0.39, 0.29) is 5.92 Å². The third-order valence-corrected chi connectivity index (χ3v) is 3.46. The molecule has 0 radical (unpaired) electrons. The highest BCUT2D eigenvalue weighted by molar-refractivity contribution is 9.10. The molecule has 1 heterocycles. The first-order valence-electron chi connectivity index (χ1n) is 6.61.